The maximum atomic E-state index is 14.3. The van der Waals surface area contributed by atoms with Crippen molar-refractivity contribution in [2.24, 2.45) is 11.0 Å². The Hall–Kier alpha value is -4.02. The average molecular weight is 516 g/mol. The number of carbonyl (C=O) groups is 1. The SMILES string of the molecule is COc1ccc(F)c(-c2ncc(Cc3ccc(N4N=C(C(F)(F)F)C(C)C4CC(=O)O)cc3)c(C)n2)c1. The van der Waals surface area contributed by atoms with Crippen LogP contribution in [0, 0.1) is 18.7 Å². The fourth-order valence-corrected chi connectivity index (χ4v) is 4.27. The molecule has 3 aromatic rings. The number of aryl methyl sites for hydroxylation is 1. The molecule has 1 aliphatic heterocycles. The quantitative estimate of drug-likeness (QED) is 0.423. The second-order valence-electron chi connectivity index (χ2n) is 8.77. The van der Waals surface area contributed by atoms with E-state index in [1.165, 1.54) is 32.2 Å². The highest BCUT2D eigenvalue weighted by molar-refractivity contribution is 5.95. The van der Waals surface area contributed by atoms with Gasteiger partial charge in [0.2, 0.25) is 0 Å². The Morgan fingerprint density at radius 3 is 2.46 bits per heavy atom. The monoisotopic (exact) mass is 516 g/mol. The van der Waals surface area contributed by atoms with Crippen molar-refractivity contribution in [3.05, 3.63) is 71.3 Å². The van der Waals surface area contributed by atoms with E-state index in [4.69, 9.17) is 4.74 Å². The standard InChI is InChI=1S/C26H24F4N4O3/c1-14-22(12-23(35)36)34(33-24(14)26(28,29)30)18-6-4-16(5-7-18)10-17-13-31-25(32-15(17)2)20-11-19(37-3)8-9-21(20)27/h4-9,11,13-14,22H,10,12H2,1-3H3,(H,35,36). The van der Waals surface area contributed by atoms with Crippen molar-refractivity contribution in [2.75, 3.05) is 12.1 Å². The second kappa shape index (κ2) is 10.2. The smallest absolute Gasteiger partial charge is 0.431 e. The first-order chi connectivity index (χ1) is 17.5. The molecule has 0 radical (unpaired) electrons. The number of hydrogen-bond donors (Lipinski definition) is 1. The maximum absolute atomic E-state index is 14.3. The molecule has 7 nitrogen and oxygen atoms in total. The molecule has 0 fully saturated rings. The summed E-state index contributed by atoms with van der Waals surface area (Å²) in [6.07, 6.45) is -3.10. The number of aromatic nitrogens is 2. The zero-order valence-electron chi connectivity index (χ0n) is 20.3. The van der Waals surface area contributed by atoms with Crippen molar-refractivity contribution in [1.82, 2.24) is 9.97 Å². The summed E-state index contributed by atoms with van der Waals surface area (Å²) >= 11 is 0. The van der Waals surface area contributed by atoms with Crippen LogP contribution in [-0.2, 0) is 11.2 Å². The van der Waals surface area contributed by atoms with Crippen molar-refractivity contribution >= 4 is 17.4 Å². The molecule has 0 bridgehead atoms. The molecule has 1 aliphatic rings. The van der Waals surface area contributed by atoms with E-state index < -0.39 is 42.1 Å². The van der Waals surface area contributed by atoms with Gasteiger partial charge in [0.05, 0.1) is 30.8 Å². The number of alkyl halides is 3. The van der Waals surface area contributed by atoms with Crippen LogP contribution in [0.25, 0.3) is 11.4 Å². The van der Waals surface area contributed by atoms with Crippen LogP contribution in [0.1, 0.15) is 30.2 Å². The minimum absolute atomic E-state index is 0.216. The largest absolute Gasteiger partial charge is 0.497 e. The summed E-state index contributed by atoms with van der Waals surface area (Å²) in [5, 5.41) is 14.1. The van der Waals surface area contributed by atoms with Gasteiger partial charge in [0.25, 0.3) is 0 Å². The molecular formula is C26H24F4N4O3. The molecule has 0 saturated carbocycles. The van der Waals surface area contributed by atoms with Crippen LogP contribution in [0.3, 0.4) is 0 Å². The number of halogens is 4. The molecule has 2 heterocycles. The average Bonchev–Trinajstić information content (AvgIpc) is 3.17. The van der Waals surface area contributed by atoms with Gasteiger partial charge in [-0.05, 0) is 48.4 Å². The molecule has 2 unspecified atom stereocenters. The van der Waals surface area contributed by atoms with Crippen LogP contribution < -0.4 is 9.75 Å². The topological polar surface area (TPSA) is 87.9 Å². The second-order valence-corrected chi connectivity index (χ2v) is 8.77. The molecule has 1 aromatic heterocycles. The first-order valence-corrected chi connectivity index (χ1v) is 11.4. The van der Waals surface area contributed by atoms with Gasteiger partial charge in [-0.15, -0.1) is 0 Å². The maximum Gasteiger partial charge on any atom is 0.431 e. The van der Waals surface area contributed by atoms with Crippen LogP contribution in [-0.4, -0.2) is 46.1 Å². The number of carboxylic acid groups (broad SMARTS) is 1. The van der Waals surface area contributed by atoms with Gasteiger partial charge in [0.15, 0.2) is 5.82 Å². The molecule has 2 atom stereocenters. The summed E-state index contributed by atoms with van der Waals surface area (Å²) in [6.45, 7) is 3.11. The Morgan fingerprint density at radius 2 is 1.86 bits per heavy atom. The van der Waals surface area contributed by atoms with Gasteiger partial charge in [-0.2, -0.15) is 18.3 Å². The van der Waals surface area contributed by atoms with E-state index in [9.17, 15) is 27.5 Å². The number of rotatable bonds is 7. The van der Waals surface area contributed by atoms with Gasteiger partial charge < -0.3 is 9.84 Å². The van der Waals surface area contributed by atoms with Crippen LogP contribution in [0.5, 0.6) is 5.75 Å². The highest BCUT2D eigenvalue weighted by Crippen LogP contribution is 2.36. The van der Waals surface area contributed by atoms with E-state index in [1.54, 1.807) is 37.4 Å². The molecule has 0 aliphatic carbocycles. The molecule has 0 amide bonds. The Morgan fingerprint density at radius 1 is 1.16 bits per heavy atom. The molecule has 2 aromatic carbocycles. The number of hydrazone groups is 1. The fourth-order valence-electron chi connectivity index (χ4n) is 4.27. The minimum Gasteiger partial charge on any atom is -0.497 e. The van der Waals surface area contributed by atoms with Crippen molar-refractivity contribution in [1.29, 1.82) is 0 Å². The summed E-state index contributed by atoms with van der Waals surface area (Å²) in [5.41, 5.74) is 1.84. The molecule has 0 saturated heterocycles. The van der Waals surface area contributed by atoms with Crippen molar-refractivity contribution in [3.63, 3.8) is 0 Å². The third kappa shape index (κ3) is 5.55. The third-order valence-corrected chi connectivity index (χ3v) is 6.30. The Kier molecular flexibility index (Phi) is 7.15. The van der Waals surface area contributed by atoms with Crippen LogP contribution in [0.4, 0.5) is 23.2 Å². The lowest BCUT2D eigenvalue weighted by Crippen LogP contribution is -2.36. The van der Waals surface area contributed by atoms with Gasteiger partial charge in [-0.25, -0.2) is 14.4 Å². The normalized spacial score (nSPS) is 17.6. The van der Waals surface area contributed by atoms with Gasteiger partial charge in [-0.3, -0.25) is 9.80 Å². The lowest BCUT2D eigenvalue weighted by Gasteiger charge is -2.25. The summed E-state index contributed by atoms with van der Waals surface area (Å²) in [6, 6.07) is 10.0. The zero-order chi connectivity index (χ0) is 26.9. The van der Waals surface area contributed by atoms with Crippen molar-refractivity contribution in [3.8, 4) is 17.1 Å². The molecule has 37 heavy (non-hydrogen) atoms. The first-order valence-electron chi connectivity index (χ1n) is 11.4. The third-order valence-electron chi connectivity index (χ3n) is 6.30. The van der Waals surface area contributed by atoms with E-state index in [0.29, 0.717) is 23.6 Å². The Bertz CT molecular complexity index is 1340. The van der Waals surface area contributed by atoms with Crippen LogP contribution in [0.15, 0.2) is 53.8 Å². The number of carboxylic acids is 1. The predicted octanol–water partition coefficient (Wildman–Crippen LogP) is 5.41. The molecule has 4 rings (SSSR count). The van der Waals surface area contributed by atoms with E-state index >= 15 is 0 Å². The van der Waals surface area contributed by atoms with Gasteiger partial charge in [0.1, 0.15) is 17.3 Å². The molecule has 11 heteroatoms. The predicted molar refractivity (Wildman–Crippen MR) is 129 cm³/mol. The van der Waals surface area contributed by atoms with E-state index in [2.05, 4.69) is 15.1 Å². The van der Waals surface area contributed by atoms with Crippen LogP contribution >= 0.6 is 0 Å². The van der Waals surface area contributed by atoms with Crippen LogP contribution in [0.2, 0.25) is 0 Å². The highest BCUT2D eigenvalue weighted by Gasteiger charge is 2.48. The summed E-state index contributed by atoms with van der Waals surface area (Å²) in [5.74, 6) is -2.07. The number of benzene rings is 2. The number of hydrogen-bond acceptors (Lipinski definition) is 6. The number of anilines is 1. The fraction of sp³-hybridized carbons (Fsp3) is 0.308. The number of methoxy groups -OCH3 is 1. The lowest BCUT2D eigenvalue weighted by molar-refractivity contribution is -0.137. The molecule has 0 spiro atoms. The van der Waals surface area contributed by atoms with Gasteiger partial charge in [0, 0.05) is 24.2 Å². The Balaban J connectivity index is 1.55. The molecule has 194 valence electrons. The van der Waals surface area contributed by atoms with E-state index in [0.717, 1.165) is 16.1 Å². The molecule has 1 N–H and O–H groups in total. The summed E-state index contributed by atoms with van der Waals surface area (Å²) in [4.78, 5) is 20.0. The summed E-state index contributed by atoms with van der Waals surface area (Å²) in [7, 11) is 1.48. The first kappa shape index (κ1) is 26.1. The zero-order valence-corrected chi connectivity index (χ0v) is 20.3. The minimum atomic E-state index is -4.65. The highest BCUT2D eigenvalue weighted by atomic mass is 19.4. The number of aliphatic carboxylic acids is 1. The van der Waals surface area contributed by atoms with Gasteiger partial charge >= 0.3 is 12.1 Å². The lowest BCUT2D eigenvalue weighted by atomic mass is 9.94. The Labute approximate surface area is 210 Å². The van der Waals surface area contributed by atoms with Crippen molar-refractivity contribution in [2.45, 2.75) is 38.9 Å². The van der Waals surface area contributed by atoms with Crippen molar-refractivity contribution < 1.29 is 32.2 Å². The summed E-state index contributed by atoms with van der Waals surface area (Å²) < 4.78 is 59.7. The van der Waals surface area contributed by atoms with E-state index in [-0.39, 0.29) is 11.4 Å². The van der Waals surface area contributed by atoms with Gasteiger partial charge in [-0.1, -0.05) is 19.1 Å². The molecular weight excluding hydrogens is 492 g/mol. The number of ether oxygens (including phenoxy) is 1. The van der Waals surface area contributed by atoms with E-state index in [1.807, 2.05) is 0 Å². The number of nitrogens with zero attached hydrogens (tertiary/aromatic N) is 4.